The predicted octanol–water partition coefficient (Wildman–Crippen LogP) is 3.65. The minimum Gasteiger partial charge on any atom is -0.473 e. The number of ether oxygens (including phenoxy) is 2. The van der Waals surface area contributed by atoms with E-state index in [1.165, 1.54) is 6.08 Å². The molecule has 0 fully saturated rings. The summed E-state index contributed by atoms with van der Waals surface area (Å²) in [6.45, 7) is 8.28. The van der Waals surface area contributed by atoms with Crippen molar-refractivity contribution in [1.29, 1.82) is 0 Å². The van der Waals surface area contributed by atoms with Gasteiger partial charge in [-0.3, -0.25) is 5.32 Å². The third-order valence-electron chi connectivity index (χ3n) is 4.60. The Balaban J connectivity index is 2.11. The first-order valence-corrected chi connectivity index (χ1v) is 11.6. The summed E-state index contributed by atoms with van der Waals surface area (Å²) in [5.41, 5.74) is 3.52. The number of sulfonamides is 1. The van der Waals surface area contributed by atoms with E-state index in [9.17, 15) is 8.42 Å². The molecule has 0 radical (unpaired) electrons. The number of aromatic nitrogens is 2. The molecule has 1 aliphatic heterocycles. The number of benzene rings is 1. The number of hydrogen-bond donors (Lipinski definition) is 2. The highest BCUT2D eigenvalue weighted by molar-refractivity contribution is 7.96. The number of hydrogen-bond acceptors (Lipinski definition) is 7. The van der Waals surface area contributed by atoms with Crippen LogP contribution in [0.2, 0.25) is 0 Å². The lowest BCUT2D eigenvalue weighted by atomic mass is 10.00. The van der Waals surface area contributed by atoms with Gasteiger partial charge < -0.3 is 9.47 Å². The third kappa shape index (κ3) is 5.83. The molecule has 0 unspecified atom stereocenters. The number of allylic oxidation sites excluding steroid dienone is 3. The van der Waals surface area contributed by atoms with Crippen LogP contribution < -0.4 is 14.8 Å². The van der Waals surface area contributed by atoms with Crippen LogP contribution in [0.3, 0.4) is 0 Å². The Morgan fingerprint density at radius 2 is 1.97 bits per heavy atom. The number of fused-ring (bicyclic) bond motifs is 2. The van der Waals surface area contributed by atoms with E-state index in [-0.39, 0.29) is 29.8 Å². The molecule has 31 heavy (non-hydrogen) atoms. The number of nitrogens with one attached hydrogen (secondary N) is 2. The minimum atomic E-state index is -4.04. The molecular weight excluding hydrogens is 416 g/mol. The van der Waals surface area contributed by atoms with E-state index in [0.29, 0.717) is 12.2 Å². The van der Waals surface area contributed by atoms with Gasteiger partial charge in [-0.2, -0.15) is 13.4 Å². The van der Waals surface area contributed by atoms with Crippen molar-refractivity contribution in [3.8, 4) is 17.1 Å². The van der Waals surface area contributed by atoms with E-state index in [1.807, 2.05) is 52.0 Å². The summed E-state index contributed by atoms with van der Waals surface area (Å²) in [7, 11) is -4.04. The maximum Gasteiger partial charge on any atom is 0.297 e. The van der Waals surface area contributed by atoms with E-state index < -0.39 is 10.0 Å². The van der Waals surface area contributed by atoms with Gasteiger partial charge in [0.25, 0.3) is 10.0 Å². The lowest BCUT2D eigenvalue weighted by Gasteiger charge is -2.19. The maximum absolute atomic E-state index is 13.0. The average Bonchev–Trinajstić information content (AvgIpc) is 2.68. The van der Waals surface area contributed by atoms with Crippen LogP contribution in [-0.4, -0.2) is 37.8 Å². The van der Waals surface area contributed by atoms with Crippen molar-refractivity contribution < 1.29 is 17.9 Å². The van der Waals surface area contributed by atoms with Crippen LogP contribution in [0.15, 0.2) is 47.6 Å². The van der Waals surface area contributed by atoms with Crippen LogP contribution in [0, 0.1) is 13.8 Å². The molecule has 1 atom stereocenters. The van der Waals surface area contributed by atoms with Crippen LogP contribution in [0.1, 0.15) is 31.4 Å². The van der Waals surface area contributed by atoms with Gasteiger partial charge in [0.2, 0.25) is 16.9 Å². The normalized spacial score (nSPS) is 20.3. The Hall–Kier alpha value is -2.91. The summed E-state index contributed by atoms with van der Waals surface area (Å²) in [6, 6.07) is 7.66. The molecule has 2 aromatic rings. The van der Waals surface area contributed by atoms with Crippen molar-refractivity contribution in [2.24, 2.45) is 0 Å². The molecule has 2 bridgehead atoms. The van der Waals surface area contributed by atoms with E-state index in [1.54, 1.807) is 12.1 Å². The molecule has 0 saturated heterocycles. The summed E-state index contributed by atoms with van der Waals surface area (Å²) in [6.07, 6.45) is 5.44. The smallest absolute Gasteiger partial charge is 0.297 e. The van der Waals surface area contributed by atoms with Crippen LogP contribution in [-0.2, 0) is 14.8 Å². The quantitative estimate of drug-likeness (QED) is 0.745. The van der Waals surface area contributed by atoms with Gasteiger partial charge in [0.1, 0.15) is 12.8 Å². The second-order valence-corrected chi connectivity index (χ2v) is 8.89. The second kappa shape index (κ2) is 9.93. The van der Waals surface area contributed by atoms with Crippen LogP contribution in [0.5, 0.6) is 5.88 Å². The van der Waals surface area contributed by atoms with Crippen LogP contribution >= 0.6 is 0 Å². The molecule has 0 aliphatic carbocycles. The summed E-state index contributed by atoms with van der Waals surface area (Å²) < 4.78 is 39.8. The van der Waals surface area contributed by atoms with Crippen LogP contribution in [0.25, 0.3) is 11.3 Å². The highest BCUT2D eigenvalue weighted by Gasteiger charge is 2.23. The van der Waals surface area contributed by atoms with E-state index in [4.69, 9.17) is 9.47 Å². The predicted molar refractivity (Wildman–Crippen MR) is 121 cm³/mol. The number of rotatable bonds is 3. The molecule has 8 nitrogen and oxygen atoms in total. The highest BCUT2D eigenvalue weighted by Crippen LogP contribution is 2.29. The number of nitrogens with zero attached hydrogens (tertiary/aromatic N) is 2. The van der Waals surface area contributed by atoms with Crippen molar-refractivity contribution in [3.05, 3.63) is 58.7 Å². The lowest BCUT2D eigenvalue weighted by Crippen LogP contribution is -2.32. The fourth-order valence-corrected chi connectivity index (χ4v) is 4.08. The Kier molecular flexibility index (Phi) is 7.29. The summed E-state index contributed by atoms with van der Waals surface area (Å²) >= 11 is 0. The SMILES string of the molecule is CC/C=C\C=C1/OCNC[C@@H](C)Oc2cc(-c3c(C)cccc3C)nc(n2)NS1(=O)=O. The molecule has 1 aliphatic rings. The minimum absolute atomic E-state index is 0.0167. The fourth-order valence-electron chi connectivity index (χ4n) is 3.18. The molecule has 2 heterocycles. The zero-order chi connectivity index (χ0) is 22.4. The van der Waals surface area contributed by atoms with E-state index in [0.717, 1.165) is 23.1 Å². The van der Waals surface area contributed by atoms with E-state index in [2.05, 4.69) is 20.0 Å². The molecule has 166 valence electrons. The van der Waals surface area contributed by atoms with Gasteiger partial charge in [0, 0.05) is 18.2 Å². The van der Waals surface area contributed by atoms with Gasteiger partial charge in [-0.15, -0.1) is 0 Å². The largest absolute Gasteiger partial charge is 0.473 e. The van der Waals surface area contributed by atoms with Gasteiger partial charge in [-0.1, -0.05) is 37.3 Å². The number of aryl methyl sites for hydroxylation is 2. The summed E-state index contributed by atoms with van der Waals surface area (Å²) in [5, 5.41) is 2.81. The van der Waals surface area contributed by atoms with Crippen LogP contribution in [0.4, 0.5) is 5.95 Å². The molecule has 0 amide bonds. The zero-order valence-electron chi connectivity index (χ0n) is 18.2. The zero-order valence-corrected chi connectivity index (χ0v) is 19.0. The molecule has 3 rings (SSSR count). The van der Waals surface area contributed by atoms with Crippen molar-refractivity contribution in [3.63, 3.8) is 0 Å². The Morgan fingerprint density at radius 3 is 2.68 bits per heavy atom. The molecular formula is C22H28N4O4S. The molecule has 1 aromatic heterocycles. The monoisotopic (exact) mass is 444 g/mol. The molecule has 1 aromatic carbocycles. The van der Waals surface area contributed by atoms with Gasteiger partial charge in [-0.05, 0) is 44.4 Å². The second-order valence-electron chi connectivity index (χ2n) is 7.28. The Morgan fingerprint density at radius 1 is 1.23 bits per heavy atom. The third-order valence-corrected chi connectivity index (χ3v) is 5.84. The summed E-state index contributed by atoms with van der Waals surface area (Å²) in [4.78, 5) is 8.75. The molecule has 9 heteroatoms. The van der Waals surface area contributed by atoms with Gasteiger partial charge in [0.05, 0.1) is 5.69 Å². The summed E-state index contributed by atoms with van der Waals surface area (Å²) in [5.74, 6) is 0.211. The molecule has 0 spiro atoms. The molecule has 2 N–H and O–H groups in total. The van der Waals surface area contributed by atoms with Crippen molar-refractivity contribution in [2.45, 2.75) is 40.2 Å². The average molecular weight is 445 g/mol. The van der Waals surface area contributed by atoms with Crippen molar-refractivity contribution in [1.82, 2.24) is 15.3 Å². The lowest BCUT2D eigenvalue weighted by molar-refractivity contribution is 0.166. The van der Waals surface area contributed by atoms with Crippen molar-refractivity contribution in [2.75, 3.05) is 18.0 Å². The maximum atomic E-state index is 13.0. The van der Waals surface area contributed by atoms with Gasteiger partial charge in [-0.25, -0.2) is 9.71 Å². The highest BCUT2D eigenvalue weighted by atomic mass is 32.2. The number of anilines is 1. The van der Waals surface area contributed by atoms with Crippen molar-refractivity contribution >= 4 is 16.0 Å². The first-order valence-electron chi connectivity index (χ1n) is 10.2. The van der Waals surface area contributed by atoms with Gasteiger partial charge >= 0.3 is 0 Å². The molecule has 0 saturated carbocycles. The topological polar surface area (TPSA) is 102 Å². The van der Waals surface area contributed by atoms with Gasteiger partial charge in [0.15, 0.2) is 0 Å². The Labute approximate surface area is 183 Å². The first-order chi connectivity index (χ1) is 14.8. The van der Waals surface area contributed by atoms with E-state index >= 15 is 0 Å². The fraction of sp³-hybridized carbons (Fsp3) is 0.364. The standard InChI is InChI=1S/C22H28N4O4S/c1-5-6-7-11-20-29-14-23-13-17(4)30-19-12-18(21-15(2)9-8-10-16(21)3)24-22(25-19)26-31(20,27)28/h6-12,17,23H,5,13-14H2,1-4H3,(H,24,25,26)/b7-6-,20-11+/t17-/m1/s1. The Bertz CT molecular complexity index is 1080. The first kappa shape index (κ1) is 22.8.